The van der Waals surface area contributed by atoms with Crippen LogP contribution in [0.15, 0.2) is 0 Å². The van der Waals surface area contributed by atoms with Crippen LogP contribution in [0.1, 0.15) is 6.42 Å². The van der Waals surface area contributed by atoms with Crippen LogP contribution in [-0.2, 0) is 0 Å². The summed E-state index contributed by atoms with van der Waals surface area (Å²) in [6, 6.07) is 0.764. The minimum atomic E-state index is 0.764. The van der Waals surface area contributed by atoms with Crippen LogP contribution in [0.3, 0.4) is 0 Å². The van der Waals surface area contributed by atoms with Crippen LogP contribution in [-0.4, -0.2) is 44.8 Å². The molecule has 0 saturated carbocycles. The van der Waals surface area contributed by atoms with Gasteiger partial charge in [0.05, 0.1) is 33.2 Å². The van der Waals surface area contributed by atoms with Gasteiger partial charge in [-0.25, -0.2) is 0 Å². The number of hydrogen-bond acceptors (Lipinski definition) is 1. The molecule has 1 aliphatic heterocycles. The van der Waals surface area contributed by atoms with Crippen molar-refractivity contribution in [2.75, 3.05) is 34.2 Å². The van der Waals surface area contributed by atoms with E-state index in [4.69, 9.17) is 0 Å². The van der Waals surface area contributed by atoms with Gasteiger partial charge in [-0.3, -0.25) is 0 Å². The highest BCUT2D eigenvalue weighted by molar-refractivity contribution is 4.68. The van der Waals surface area contributed by atoms with Gasteiger partial charge < -0.3 is 9.80 Å². The zero-order chi connectivity index (χ0) is 6.91. The van der Waals surface area contributed by atoms with Gasteiger partial charge in [-0.1, -0.05) is 0 Å². The van der Waals surface area contributed by atoms with Crippen LogP contribution in [0.25, 0.3) is 0 Å². The maximum Gasteiger partial charge on any atom is 0.0940 e. The molecule has 9 heavy (non-hydrogen) atoms. The Bertz CT molecular complexity index is 99.1. The van der Waals surface area contributed by atoms with Gasteiger partial charge in [0.2, 0.25) is 0 Å². The second kappa shape index (κ2) is 2.27. The molecule has 1 rings (SSSR count). The third kappa shape index (κ3) is 1.66. The highest BCUT2D eigenvalue weighted by atomic mass is 15.3. The average molecular weight is 129 g/mol. The molecule has 1 N–H and O–H groups in total. The molecule has 2 heteroatoms. The number of likely N-dealkylation sites (tertiary alicyclic amines) is 1. The molecule has 0 amide bonds. The molecule has 2 nitrogen and oxygen atoms in total. The molecule has 1 aliphatic rings. The number of likely N-dealkylation sites (N-methyl/N-ethyl adjacent to an activating group) is 2. The lowest BCUT2D eigenvalue weighted by Crippen LogP contribution is -2.39. The Kier molecular flexibility index (Phi) is 1.78. The van der Waals surface area contributed by atoms with Gasteiger partial charge in [-0.2, -0.15) is 0 Å². The van der Waals surface area contributed by atoms with Crippen LogP contribution < -0.4 is 5.32 Å². The van der Waals surface area contributed by atoms with E-state index in [9.17, 15) is 0 Å². The van der Waals surface area contributed by atoms with Crippen molar-refractivity contribution in [2.45, 2.75) is 12.5 Å². The molecule has 0 unspecified atom stereocenters. The predicted molar refractivity (Wildman–Crippen MR) is 39.3 cm³/mol. The number of nitrogens with one attached hydrogen (secondary N) is 1. The summed E-state index contributed by atoms with van der Waals surface area (Å²) in [6.45, 7) is 2.61. The van der Waals surface area contributed by atoms with Gasteiger partial charge in [0.1, 0.15) is 0 Å². The number of hydrogen-bond donors (Lipinski definition) is 1. The predicted octanol–water partition coefficient (Wildman–Crippen LogP) is 0.0545. The summed E-state index contributed by atoms with van der Waals surface area (Å²) >= 11 is 0. The SMILES string of the molecule is CN[C@@H]1CC[N+](C)(C)C1. The lowest BCUT2D eigenvalue weighted by molar-refractivity contribution is -0.878. The van der Waals surface area contributed by atoms with E-state index in [1.807, 2.05) is 0 Å². The third-order valence-corrected chi connectivity index (χ3v) is 2.21. The van der Waals surface area contributed by atoms with E-state index in [1.54, 1.807) is 0 Å². The molecule has 1 atom stereocenters. The number of nitrogens with zero attached hydrogens (tertiary/aromatic N) is 1. The van der Waals surface area contributed by atoms with E-state index >= 15 is 0 Å². The Labute approximate surface area is 57.4 Å². The lowest BCUT2D eigenvalue weighted by Gasteiger charge is -2.23. The van der Waals surface area contributed by atoms with Crippen molar-refractivity contribution in [1.82, 2.24) is 5.32 Å². The topological polar surface area (TPSA) is 12.0 Å². The Morgan fingerprint density at radius 1 is 1.44 bits per heavy atom. The number of rotatable bonds is 1. The molecular formula is C7H17N2+. The van der Waals surface area contributed by atoms with Crippen molar-refractivity contribution >= 4 is 0 Å². The van der Waals surface area contributed by atoms with E-state index < -0.39 is 0 Å². The van der Waals surface area contributed by atoms with Crippen molar-refractivity contribution < 1.29 is 4.48 Å². The van der Waals surface area contributed by atoms with Crippen molar-refractivity contribution in [1.29, 1.82) is 0 Å². The van der Waals surface area contributed by atoms with Crippen molar-refractivity contribution in [3.05, 3.63) is 0 Å². The van der Waals surface area contributed by atoms with E-state index in [0.717, 1.165) is 6.04 Å². The van der Waals surface area contributed by atoms with Gasteiger partial charge in [-0.15, -0.1) is 0 Å². The first-order valence-electron chi connectivity index (χ1n) is 3.63. The second-order valence-corrected chi connectivity index (χ2v) is 3.62. The standard InChI is InChI=1S/C7H17N2/c1-8-7-4-5-9(2,3)6-7/h7-8H,4-6H2,1-3H3/q+1/t7-/m1/s1. The van der Waals surface area contributed by atoms with Crippen molar-refractivity contribution in [3.8, 4) is 0 Å². The third-order valence-electron chi connectivity index (χ3n) is 2.21. The molecule has 1 heterocycles. The Hall–Kier alpha value is -0.0800. The molecule has 1 saturated heterocycles. The van der Waals surface area contributed by atoms with Gasteiger partial charge >= 0.3 is 0 Å². The molecule has 0 aliphatic carbocycles. The van der Waals surface area contributed by atoms with Crippen molar-refractivity contribution in [3.63, 3.8) is 0 Å². The maximum atomic E-state index is 3.30. The van der Waals surface area contributed by atoms with Gasteiger partial charge in [0.25, 0.3) is 0 Å². The molecular weight excluding hydrogens is 112 g/mol. The molecule has 0 radical (unpaired) electrons. The first-order chi connectivity index (χ1) is 4.14. The zero-order valence-electron chi connectivity index (χ0n) is 6.65. The molecule has 0 bridgehead atoms. The van der Waals surface area contributed by atoms with Crippen molar-refractivity contribution in [2.24, 2.45) is 0 Å². The smallest absolute Gasteiger partial charge is 0.0940 e. The van der Waals surface area contributed by atoms with E-state index in [-0.39, 0.29) is 0 Å². The van der Waals surface area contributed by atoms with E-state index in [0.29, 0.717) is 0 Å². The minimum absolute atomic E-state index is 0.764. The van der Waals surface area contributed by atoms with Crippen LogP contribution in [0.5, 0.6) is 0 Å². The lowest BCUT2D eigenvalue weighted by atomic mass is 10.3. The van der Waals surface area contributed by atoms with Crippen LogP contribution in [0, 0.1) is 0 Å². The second-order valence-electron chi connectivity index (χ2n) is 3.62. The fourth-order valence-corrected chi connectivity index (χ4v) is 1.52. The highest BCUT2D eigenvalue weighted by Gasteiger charge is 2.28. The monoisotopic (exact) mass is 129 g/mol. The summed E-state index contributed by atoms with van der Waals surface area (Å²) in [5.74, 6) is 0. The van der Waals surface area contributed by atoms with Crippen LogP contribution in [0.4, 0.5) is 0 Å². The van der Waals surface area contributed by atoms with Gasteiger partial charge in [-0.05, 0) is 7.05 Å². The normalized spacial score (nSPS) is 33.0. The van der Waals surface area contributed by atoms with E-state index in [2.05, 4.69) is 26.5 Å². The van der Waals surface area contributed by atoms with Crippen LogP contribution in [0.2, 0.25) is 0 Å². The zero-order valence-corrected chi connectivity index (χ0v) is 6.65. The number of quaternary nitrogens is 1. The maximum absolute atomic E-state index is 3.30. The largest absolute Gasteiger partial charge is 0.327 e. The Morgan fingerprint density at radius 3 is 2.33 bits per heavy atom. The fourth-order valence-electron chi connectivity index (χ4n) is 1.52. The van der Waals surface area contributed by atoms with Gasteiger partial charge in [0.15, 0.2) is 0 Å². The average Bonchev–Trinajstić information content (AvgIpc) is 2.10. The molecule has 0 aromatic carbocycles. The van der Waals surface area contributed by atoms with Crippen LogP contribution >= 0.6 is 0 Å². The summed E-state index contributed by atoms with van der Waals surface area (Å²) in [5.41, 5.74) is 0. The first kappa shape index (κ1) is 7.03. The molecule has 54 valence electrons. The minimum Gasteiger partial charge on any atom is -0.327 e. The molecule has 0 aromatic rings. The molecule has 1 fully saturated rings. The quantitative estimate of drug-likeness (QED) is 0.493. The Morgan fingerprint density at radius 2 is 2.11 bits per heavy atom. The highest BCUT2D eigenvalue weighted by Crippen LogP contribution is 2.12. The fraction of sp³-hybridized carbons (Fsp3) is 1.00. The summed E-state index contributed by atoms with van der Waals surface area (Å²) in [5, 5.41) is 3.30. The van der Waals surface area contributed by atoms with Gasteiger partial charge in [0, 0.05) is 6.42 Å². The first-order valence-corrected chi connectivity index (χ1v) is 3.63. The summed E-state index contributed by atoms with van der Waals surface area (Å²) in [6.07, 6.45) is 1.34. The molecule has 0 aromatic heterocycles. The summed E-state index contributed by atoms with van der Waals surface area (Å²) in [4.78, 5) is 0. The summed E-state index contributed by atoms with van der Waals surface area (Å²) in [7, 11) is 6.63. The Balaban J connectivity index is 2.38. The summed E-state index contributed by atoms with van der Waals surface area (Å²) < 4.78 is 1.19. The van der Waals surface area contributed by atoms with E-state index in [1.165, 1.54) is 24.0 Å². The molecule has 0 spiro atoms.